The number of anilines is 2. The third-order valence-electron chi connectivity index (χ3n) is 2.52. The fourth-order valence-corrected chi connectivity index (χ4v) is 2.57. The highest BCUT2D eigenvalue weighted by molar-refractivity contribution is 7.19. The summed E-state index contributed by atoms with van der Waals surface area (Å²) >= 11 is 0.987. The monoisotopic (exact) mass is 312 g/mol. The van der Waals surface area contributed by atoms with Crippen molar-refractivity contribution in [2.45, 2.75) is 6.54 Å². The van der Waals surface area contributed by atoms with Crippen molar-refractivity contribution in [1.82, 2.24) is 10.1 Å². The second-order valence-corrected chi connectivity index (χ2v) is 4.75. The van der Waals surface area contributed by atoms with Crippen LogP contribution in [0.25, 0.3) is 0 Å². The number of carbonyl (C=O) groups excluding carboxylic acids is 2. The molecule has 0 spiro atoms. The van der Waals surface area contributed by atoms with Gasteiger partial charge in [0.15, 0.2) is 5.82 Å². The Morgan fingerprint density at radius 1 is 1.38 bits per heavy atom. The van der Waals surface area contributed by atoms with Crippen LogP contribution in [0.1, 0.15) is 25.9 Å². The third-order valence-corrected chi connectivity index (χ3v) is 3.66. The van der Waals surface area contributed by atoms with Gasteiger partial charge in [-0.15, -0.1) is 11.3 Å². The van der Waals surface area contributed by atoms with Crippen LogP contribution in [0.2, 0.25) is 0 Å². The average Bonchev–Trinajstić information content (AvgIpc) is 3.11. The molecule has 0 fully saturated rings. The molecular formula is C11H12N4O5S. The van der Waals surface area contributed by atoms with Gasteiger partial charge < -0.3 is 25.0 Å². The fourth-order valence-electron chi connectivity index (χ4n) is 1.55. The Labute approximate surface area is 123 Å². The first-order valence-electron chi connectivity index (χ1n) is 5.66. The molecule has 0 saturated carbocycles. The first kappa shape index (κ1) is 14.8. The van der Waals surface area contributed by atoms with Crippen molar-refractivity contribution in [1.29, 1.82) is 0 Å². The molecule has 0 aliphatic rings. The van der Waals surface area contributed by atoms with Crippen LogP contribution in [0.4, 0.5) is 10.7 Å². The van der Waals surface area contributed by atoms with Crippen molar-refractivity contribution >= 4 is 34.0 Å². The van der Waals surface area contributed by atoms with Crippen LogP contribution in [0, 0.1) is 0 Å². The largest absolute Gasteiger partial charge is 0.465 e. The minimum absolute atomic E-state index is 0.00862. The molecular weight excluding hydrogens is 300 g/mol. The number of methoxy groups -OCH3 is 2. The van der Waals surface area contributed by atoms with Gasteiger partial charge in [0.05, 0.1) is 26.5 Å². The summed E-state index contributed by atoms with van der Waals surface area (Å²) in [5.74, 6) is -0.901. The van der Waals surface area contributed by atoms with E-state index in [-0.39, 0.29) is 22.7 Å². The number of thiophene rings is 1. The summed E-state index contributed by atoms with van der Waals surface area (Å²) in [6.07, 6.45) is 1.18. The van der Waals surface area contributed by atoms with E-state index in [1.54, 1.807) is 0 Å². The second-order valence-electron chi connectivity index (χ2n) is 3.73. The first-order valence-corrected chi connectivity index (χ1v) is 6.48. The van der Waals surface area contributed by atoms with E-state index >= 15 is 0 Å². The van der Waals surface area contributed by atoms with Gasteiger partial charge in [0, 0.05) is 0 Å². The molecule has 2 aromatic heterocycles. The second kappa shape index (κ2) is 6.22. The van der Waals surface area contributed by atoms with E-state index in [2.05, 4.69) is 29.5 Å². The van der Waals surface area contributed by atoms with Crippen LogP contribution in [0.5, 0.6) is 0 Å². The smallest absolute Gasteiger partial charge is 0.350 e. The normalized spacial score (nSPS) is 10.2. The van der Waals surface area contributed by atoms with Crippen molar-refractivity contribution in [3.63, 3.8) is 0 Å². The van der Waals surface area contributed by atoms with Crippen LogP contribution in [0.3, 0.4) is 0 Å². The molecule has 112 valence electrons. The molecule has 2 heterocycles. The Hall–Kier alpha value is -2.62. The standard InChI is InChI=1S/C11H12N4O5S/c1-18-10(16)6-7(12)8(11(17)19-2)21-9(6)13-3-5-14-4-20-15-5/h4,13H,3,12H2,1-2H3. The lowest BCUT2D eigenvalue weighted by Gasteiger charge is -2.04. The van der Waals surface area contributed by atoms with Gasteiger partial charge in [-0.1, -0.05) is 5.16 Å². The van der Waals surface area contributed by atoms with Crippen LogP contribution < -0.4 is 11.1 Å². The molecule has 2 rings (SSSR count). The lowest BCUT2D eigenvalue weighted by molar-refractivity contribution is 0.0602. The Balaban J connectivity index is 2.33. The molecule has 0 aromatic carbocycles. The number of ether oxygens (including phenoxy) is 2. The lowest BCUT2D eigenvalue weighted by Crippen LogP contribution is -2.09. The zero-order valence-electron chi connectivity index (χ0n) is 11.2. The van der Waals surface area contributed by atoms with Gasteiger partial charge in [-0.3, -0.25) is 0 Å². The number of esters is 2. The topological polar surface area (TPSA) is 130 Å². The number of nitrogens with one attached hydrogen (secondary N) is 1. The summed E-state index contributed by atoms with van der Waals surface area (Å²) in [6.45, 7) is 0.195. The summed E-state index contributed by atoms with van der Waals surface area (Å²) in [5, 5.41) is 6.90. The van der Waals surface area contributed by atoms with Crippen LogP contribution in [-0.2, 0) is 16.0 Å². The van der Waals surface area contributed by atoms with E-state index in [4.69, 9.17) is 5.73 Å². The molecule has 3 N–H and O–H groups in total. The number of nitrogens with zero attached hydrogens (tertiary/aromatic N) is 2. The number of hydrogen-bond acceptors (Lipinski definition) is 10. The first-order chi connectivity index (χ1) is 10.1. The average molecular weight is 312 g/mol. The maximum absolute atomic E-state index is 11.8. The van der Waals surface area contributed by atoms with Crippen molar-refractivity contribution < 1.29 is 23.6 Å². The van der Waals surface area contributed by atoms with Crippen molar-refractivity contribution in [3.8, 4) is 0 Å². The highest BCUT2D eigenvalue weighted by Gasteiger charge is 2.26. The van der Waals surface area contributed by atoms with Gasteiger partial charge in [-0.25, -0.2) is 9.59 Å². The van der Waals surface area contributed by atoms with Crippen molar-refractivity contribution in [2.24, 2.45) is 0 Å². The van der Waals surface area contributed by atoms with Crippen LogP contribution in [0.15, 0.2) is 10.9 Å². The number of rotatable bonds is 5. The van der Waals surface area contributed by atoms with Gasteiger partial charge in [0.25, 0.3) is 0 Å². The van der Waals surface area contributed by atoms with Gasteiger partial charge in [0.1, 0.15) is 15.4 Å². The highest BCUT2D eigenvalue weighted by atomic mass is 32.1. The molecule has 0 bridgehead atoms. The summed E-state index contributed by atoms with van der Waals surface area (Å²) in [6, 6.07) is 0. The van der Waals surface area contributed by atoms with Gasteiger partial charge >= 0.3 is 11.9 Å². The quantitative estimate of drug-likeness (QED) is 0.773. The molecule has 0 unspecified atom stereocenters. The molecule has 0 radical (unpaired) electrons. The molecule has 0 amide bonds. The number of carbonyl (C=O) groups is 2. The van der Waals surface area contributed by atoms with Crippen LogP contribution in [-0.4, -0.2) is 36.3 Å². The van der Waals surface area contributed by atoms with Gasteiger partial charge in [-0.05, 0) is 0 Å². The summed E-state index contributed by atoms with van der Waals surface area (Å²) in [4.78, 5) is 27.4. The van der Waals surface area contributed by atoms with Gasteiger partial charge in [-0.2, -0.15) is 4.98 Å². The summed E-state index contributed by atoms with van der Waals surface area (Å²) in [5.41, 5.74) is 5.91. The molecule has 0 saturated heterocycles. The number of nitrogens with two attached hydrogens (primary N) is 1. The minimum Gasteiger partial charge on any atom is -0.465 e. The molecule has 0 aliphatic heterocycles. The van der Waals surface area contributed by atoms with Gasteiger partial charge in [0.2, 0.25) is 6.39 Å². The van der Waals surface area contributed by atoms with Crippen molar-refractivity contribution in [3.05, 3.63) is 22.7 Å². The molecule has 2 aromatic rings. The van der Waals surface area contributed by atoms with Crippen LogP contribution >= 0.6 is 11.3 Å². The SMILES string of the molecule is COC(=O)c1sc(NCc2ncon2)c(C(=O)OC)c1N. The molecule has 21 heavy (non-hydrogen) atoms. The highest BCUT2D eigenvalue weighted by Crippen LogP contribution is 2.36. The number of hydrogen-bond donors (Lipinski definition) is 2. The van der Waals surface area contributed by atoms with E-state index in [1.807, 2.05) is 0 Å². The zero-order valence-corrected chi connectivity index (χ0v) is 12.0. The lowest BCUT2D eigenvalue weighted by atomic mass is 10.2. The van der Waals surface area contributed by atoms with E-state index in [0.29, 0.717) is 10.8 Å². The Bertz CT molecular complexity index is 652. The van der Waals surface area contributed by atoms with E-state index < -0.39 is 11.9 Å². The van der Waals surface area contributed by atoms with E-state index in [1.165, 1.54) is 20.6 Å². The fraction of sp³-hybridized carbons (Fsp3) is 0.273. The maximum Gasteiger partial charge on any atom is 0.350 e. The Morgan fingerprint density at radius 3 is 2.67 bits per heavy atom. The zero-order chi connectivity index (χ0) is 15.4. The van der Waals surface area contributed by atoms with E-state index in [0.717, 1.165) is 11.3 Å². The Morgan fingerprint density at radius 2 is 2.10 bits per heavy atom. The summed E-state index contributed by atoms with van der Waals surface area (Å²) < 4.78 is 13.9. The molecule has 0 atom stereocenters. The van der Waals surface area contributed by atoms with Crippen molar-refractivity contribution in [2.75, 3.05) is 25.3 Å². The molecule has 10 heteroatoms. The summed E-state index contributed by atoms with van der Waals surface area (Å²) in [7, 11) is 2.45. The third kappa shape index (κ3) is 2.94. The minimum atomic E-state index is -0.658. The number of aromatic nitrogens is 2. The predicted molar refractivity (Wildman–Crippen MR) is 73.0 cm³/mol. The maximum atomic E-state index is 11.8. The molecule has 9 nitrogen and oxygen atoms in total. The molecule has 0 aliphatic carbocycles. The van der Waals surface area contributed by atoms with E-state index in [9.17, 15) is 9.59 Å². The predicted octanol–water partition coefficient (Wildman–Crippen LogP) is 0.899. The Kier molecular flexibility index (Phi) is 4.38. The number of nitrogen functional groups attached to an aromatic ring is 1.